The summed E-state index contributed by atoms with van der Waals surface area (Å²) in [6, 6.07) is 0. The van der Waals surface area contributed by atoms with E-state index in [4.69, 9.17) is 0 Å². The fourth-order valence-corrected chi connectivity index (χ4v) is 2.93. The smallest absolute Gasteiger partial charge is 0.0170 e. The highest BCUT2D eigenvalue weighted by molar-refractivity contribution is 5.37. The van der Waals surface area contributed by atoms with Crippen molar-refractivity contribution in [1.82, 2.24) is 5.32 Å². The third-order valence-electron chi connectivity index (χ3n) is 3.76. The number of nitrogens with one attached hydrogen (secondary N) is 1. The van der Waals surface area contributed by atoms with Crippen molar-refractivity contribution in [3.8, 4) is 0 Å². The van der Waals surface area contributed by atoms with Crippen LogP contribution in [0.25, 0.3) is 0 Å². The fourth-order valence-electron chi connectivity index (χ4n) is 2.93. The first-order valence-electron chi connectivity index (χ1n) is 5.71. The van der Waals surface area contributed by atoms with Gasteiger partial charge in [-0.3, -0.25) is 0 Å². The molecule has 1 saturated heterocycles. The van der Waals surface area contributed by atoms with Crippen LogP contribution in [-0.4, -0.2) is 13.1 Å². The maximum atomic E-state index is 3.47. The van der Waals surface area contributed by atoms with Gasteiger partial charge in [0.1, 0.15) is 0 Å². The largest absolute Gasteiger partial charge is 0.313 e. The predicted octanol–water partition coefficient (Wildman–Crippen LogP) is 2.43. The standard InChI is InChI=1S/C13H17N/c1-2-4-11-8-13-9-14-6-5-12(13)7-10(11)3-1/h1-2,4,8,10,12,14H,3,5-7,9H2. The summed E-state index contributed by atoms with van der Waals surface area (Å²) >= 11 is 0. The van der Waals surface area contributed by atoms with Crippen LogP contribution in [0.3, 0.4) is 0 Å². The lowest BCUT2D eigenvalue weighted by Crippen LogP contribution is -2.34. The topological polar surface area (TPSA) is 12.0 Å². The van der Waals surface area contributed by atoms with Crippen LogP contribution < -0.4 is 5.32 Å². The van der Waals surface area contributed by atoms with Gasteiger partial charge in [-0.05, 0) is 43.2 Å². The van der Waals surface area contributed by atoms with Crippen LogP contribution in [0.5, 0.6) is 0 Å². The zero-order valence-corrected chi connectivity index (χ0v) is 8.50. The minimum Gasteiger partial charge on any atom is -0.313 e. The van der Waals surface area contributed by atoms with Gasteiger partial charge in [0.2, 0.25) is 0 Å². The van der Waals surface area contributed by atoms with E-state index in [9.17, 15) is 0 Å². The van der Waals surface area contributed by atoms with Gasteiger partial charge in [-0.25, -0.2) is 0 Å². The van der Waals surface area contributed by atoms with Crippen LogP contribution >= 0.6 is 0 Å². The van der Waals surface area contributed by atoms with Gasteiger partial charge in [-0.2, -0.15) is 0 Å². The Balaban J connectivity index is 1.92. The normalized spacial score (nSPS) is 35.4. The molecule has 0 radical (unpaired) electrons. The van der Waals surface area contributed by atoms with E-state index in [1.165, 1.54) is 25.8 Å². The van der Waals surface area contributed by atoms with Crippen molar-refractivity contribution in [2.75, 3.05) is 13.1 Å². The van der Waals surface area contributed by atoms with Gasteiger partial charge in [0.25, 0.3) is 0 Å². The van der Waals surface area contributed by atoms with Gasteiger partial charge >= 0.3 is 0 Å². The number of fused-ring (bicyclic) bond motifs is 2. The molecule has 1 aliphatic heterocycles. The Morgan fingerprint density at radius 3 is 3.29 bits per heavy atom. The first kappa shape index (κ1) is 8.49. The zero-order chi connectivity index (χ0) is 9.38. The summed E-state index contributed by atoms with van der Waals surface area (Å²) in [4.78, 5) is 0. The molecule has 0 aromatic heterocycles. The second-order valence-corrected chi connectivity index (χ2v) is 4.64. The lowest BCUT2D eigenvalue weighted by Gasteiger charge is -2.35. The van der Waals surface area contributed by atoms with Crippen LogP contribution in [0.4, 0.5) is 0 Å². The van der Waals surface area contributed by atoms with Crippen LogP contribution in [0.15, 0.2) is 35.5 Å². The van der Waals surface area contributed by atoms with Gasteiger partial charge in [-0.1, -0.05) is 29.9 Å². The van der Waals surface area contributed by atoms with Crippen molar-refractivity contribution >= 4 is 0 Å². The van der Waals surface area contributed by atoms with Crippen molar-refractivity contribution < 1.29 is 0 Å². The molecular formula is C13H17N. The first-order valence-corrected chi connectivity index (χ1v) is 5.71. The zero-order valence-electron chi connectivity index (χ0n) is 8.50. The number of hydrogen-bond donors (Lipinski definition) is 1. The van der Waals surface area contributed by atoms with Gasteiger partial charge in [0.05, 0.1) is 0 Å². The highest BCUT2D eigenvalue weighted by atomic mass is 14.9. The van der Waals surface area contributed by atoms with E-state index in [2.05, 4.69) is 29.6 Å². The van der Waals surface area contributed by atoms with Crippen molar-refractivity contribution in [1.29, 1.82) is 0 Å². The SMILES string of the molecule is C1=CCC2CC3CCNCC3=CC2=C1. The van der Waals surface area contributed by atoms with Gasteiger partial charge in [0.15, 0.2) is 0 Å². The maximum absolute atomic E-state index is 3.47. The van der Waals surface area contributed by atoms with Crippen LogP contribution in [-0.2, 0) is 0 Å². The third kappa shape index (κ3) is 1.36. The molecule has 3 aliphatic rings. The highest BCUT2D eigenvalue weighted by Crippen LogP contribution is 2.38. The number of allylic oxidation sites excluding steroid dienone is 5. The van der Waals surface area contributed by atoms with E-state index < -0.39 is 0 Å². The molecule has 1 nitrogen and oxygen atoms in total. The summed E-state index contributed by atoms with van der Waals surface area (Å²) in [6.07, 6.45) is 13.3. The predicted molar refractivity (Wildman–Crippen MR) is 59.0 cm³/mol. The monoisotopic (exact) mass is 187 g/mol. The Kier molecular flexibility index (Phi) is 2.06. The van der Waals surface area contributed by atoms with E-state index in [0.29, 0.717) is 0 Å². The van der Waals surface area contributed by atoms with Crippen LogP contribution in [0, 0.1) is 11.8 Å². The van der Waals surface area contributed by atoms with E-state index >= 15 is 0 Å². The summed E-state index contributed by atoms with van der Waals surface area (Å²) in [5, 5.41) is 3.47. The van der Waals surface area contributed by atoms with Gasteiger partial charge < -0.3 is 5.32 Å². The minimum atomic E-state index is 0.826. The molecule has 0 bridgehead atoms. The molecule has 1 fully saturated rings. The molecule has 3 rings (SSSR count). The molecule has 2 atom stereocenters. The Bertz CT molecular complexity index is 322. The maximum Gasteiger partial charge on any atom is 0.0170 e. The molecule has 2 unspecified atom stereocenters. The summed E-state index contributed by atoms with van der Waals surface area (Å²) < 4.78 is 0. The van der Waals surface area contributed by atoms with E-state index in [1.807, 2.05) is 0 Å². The average molecular weight is 187 g/mol. The fraction of sp³-hybridized carbons (Fsp3) is 0.538. The first-order chi connectivity index (χ1) is 6.93. The second-order valence-electron chi connectivity index (χ2n) is 4.64. The molecule has 1 N–H and O–H groups in total. The second kappa shape index (κ2) is 3.39. The number of rotatable bonds is 0. The molecular weight excluding hydrogens is 170 g/mol. The molecule has 0 spiro atoms. The Morgan fingerprint density at radius 2 is 2.29 bits per heavy atom. The molecule has 0 aromatic carbocycles. The molecule has 1 heteroatoms. The summed E-state index contributed by atoms with van der Waals surface area (Å²) in [7, 11) is 0. The van der Waals surface area contributed by atoms with Crippen LogP contribution in [0.1, 0.15) is 19.3 Å². The van der Waals surface area contributed by atoms with E-state index in [-0.39, 0.29) is 0 Å². The minimum absolute atomic E-state index is 0.826. The van der Waals surface area contributed by atoms with E-state index in [1.54, 1.807) is 11.1 Å². The van der Waals surface area contributed by atoms with Crippen LogP contribution in [0.2, 0.25) is 0 Å². The van der Waals surface area contributed by atoms with Crippen molar-refractivity contribution in [3.05, 3.63) is 35.5 Å². The third-order valence-corrected chi connectivity index (χ3v) is 3.76. The summed E-state index contributed by atoms with van der Waals surface area (Å²) in [5.41, 5.74) is 3.22. The van der Waals surface area contributed by atoms with Crippen molar-refractivity contribution in [2.45, 2.75) is 19.3 Å². The Hall–Kier alpha value is -0.820. The van der Waals surface area contributed by atoms with Gasteiger partial charge in [-0.15, -0.1) is 0 Å². The van der Waals surface area contributed by atoms with E-state index in [0.717, 1.165) is 18.4 Å². The molecule has 2 aliphatic carbocycles. The lowest BCUT2D eigenvalue weighted by molar-refractivity contribution is 0.372. The molecule has 14 heavy (non-hydrogen) atoms. The molecule has 0 amide bonds. The Labute approximate surface area is 85.6 Å². The quantitative estimate of drug-likeness (QED) is 0.614. The van der Waals surface area contributed by atoms with Gasteiger partial charge in [0, 0.05) is 6.54 Å². The summed E-state index contributed by atoms with van der Waals surface area (Å²) in [5.74, 6) is 1.71. The Morgan fingerprint density at radius 1 is 1.29 bits per heavy atom. The summed E-state index contributed by atoms with van der Waals surface area (Å²) in [6.45, 7) is 2.34. The lowest BCUT2D eigenvalue weighted by atomic mass is 9.73. The molecule has 0 saturated carbocycles. The number of piperidine rings is 1. The average Bonchev–Trinajstić information content (AvgIpc) is 2.26. The molecule has 1 heterocycles. The van der Waals surface area contributed by atoms with Crippen molar-refractivity contribution in [2.24, 2.45) is 11.8 Å². The molecule has 0 aromatic rings. The highest BCUT2D eigenvalue weighted by Gasteiger charge is 2.28. The van der Waals surface area contributed by atoms with Crippen molar-refractivity contribution in [3.63, 3.8) is 0 Å². The number of hydrogen-bond acceptors (Lipinski definition) is 1. The molecule has 74 valence electrons.